The van der Waals surface area contributed by atoms with Gasteiger partial charge in [0.15, 0.2) is 0 Å². The Morgan fingerprint density at radius 3 is 2.62 bits per heavy atom. The van der Waals surface area contributed by atoms with Crippen molar-refractivity contribution in [1.82, 2.24) is 0 Å². The van der Waals surface area contributed by atoms with Crippen LogP contribution in [0.15, 0.2) is 11.6 Å². The van der Waals surface area contributed by atoms with Crippen LogP contribution in [0.2, 0.25) is 0 Å². The van der Waals surface area contributed by atoms with E-state index < -0.39 is 0 Å². The van der Waals surface area contributed by atoms with Gasteiger partial charge in [0.2, 0.25) is 0 Å². The molecule has 0 heterocycles. The van der Waals surface area contributed by atoms with Crippen molar-refractivity contribution in [2.75, 3.05) is 5.33 Å². The van der Waals surface area contributed by atoms with Gasteiger partial charge in [0.25, 0.3) is 0 Å². The molecule has 4 aliphatic carbocycles. The number of hydrogen-bond donors (Lipinski definition) is 0. The van der Waals surface area contributed by atoms with Crippen molar-refractivity contribution in [2.45, 2.75) is 111 Å². The van der Waals surface area contributed by atoms with Gasteiger partial charge in [0.05, 0.1) is 0 Å². The first-order valence-corrected chi connectivity index (χ1v) is 14.3. The molecule has 0 radical (unpaired) electrons. The van der Waals surface area contributed by atoms with Gasteiger partial charge in [-0.1, -0.05) is 81.0 Å². The van der Waals surface area contributed by atoms with E-state index in [4.69, 9.17) is 0 Å². The first kappa shape index (κ1) is 22.4. The Kier molecular flexibility index (Phi) is 6.95. The molecular formula is C28H47Br. The maximum absolute atomic E-state index is 3.62. The average Bonchev–Trinajstić information content (AvgIpc) is 3.05. The average molecular weight is 464 g/mol. The second kappa shape index (κ2) is 8.99. The molecule has 1 heteroatoms. The maximum Gasteiger partial charge on any atom is 0.00338 e. The van der Waals surface area contributed by atoms with Crippen LogP contribution in [0.25, 0.3) is 0 Å². The molecule has 29 heavy (non-hydrogen) atoms. The van der Waals surface area contributed by atoms with Crippen molar-refractivity contribution in [1.29, 1.82) is 0 Å². The van der Waals surface area contributed by atoms with Crippen LogP contribution in [0.4, 0.5) is 0 Å². The lowest BCUT2D eigenvalue weighted by Crippen LogP contribution is -2.50. The Bertz CT molecular complexity index is 593. The first-order chi connectivity index (χ1) is 13.9. The van der Waals surface area contributed by atoms with Crippen molar-refractivity contribution >= 4 is 15.9 Å². The Morgan fingerprint density at radius 1 is 1.00 bits per heavy atom. The van der Waals surface area contributed by atoms with E-state index in [0.29, 0.717) is 10.8 Å². The first-order valence-electron chi connectivity index (χ1n) is 13.2. The van der Waals surface area contributed by atoms with E-state index in [9.17, 15) is 0 Å². The zero-order chi connectivity index (χ0) is 20.6. The monoisotopic (exact) mass is 462 g/mol. The van der Waals surface area contributed by atoms with Gasteiger partial charge in [-0.2, -0.15) is 0 Å². The number of fused-ring (bicyclic) bond motifs is 5. The van der Waals surface area contributed by atoms with Crippen LogP contribution in [0.5, 0.6) is 0 Å². The van der Waals surface area contributed by atoms with Crippen molar-refractivity contribution in [3.05, 3.63) is 11.6 Å². The van der Waals surface area contributed by atoms with E-state index in [2.05, 4.69) is 49.7 Å². The predicted octanol–water partition coefficient (Wildman–Crippen LogP) is 9.18. The fourth-order valence-corrected chi connectivity index (χ4v) is 9.78. The summed E-state index contributed by atoms with van der Waals surface area (Å²) in [5.41, 5.74) is 3.07. The van der Waals surface area contributed by atoms with Crippen LogP contribution in [0.3, 0.4) is 0 Å². The standard InChI is InChI=1S/C28H47Br/c1-20(16-19-29)8-7-9-21(2)24-13-14-25-23-12-11-22-10-5-6-17-27(22,3)26(23)15-18-28(24,25)4/h11,20-21,23-26H,5-10,12-19H2,1-4H3/t20?,21-,23+,24-,25+,26+,27+,28-/m1/s1. The van der Waals surface area contributed by atoms with E-state index >= 15 is 0 Å². The zero-order valence-corrected chi connectivity index (χ0v) is 21.4. The molecule has 166 valence electrons. The van der Waals surface area contributed by atoms with Crippen molar-refractivity contribution in [3.63, 3.8) is 0 Å². The molecule has 1 unspecified atom stereocenters. The molecule has 8 atom stereocenters. The van der Waals surface area contributed by atoms with Gasteiger partial charge in [-0.05, 0) is 104 Å². The molecule has 0 amide bonds. The summed E-state index contributed by atoms with van der Waals surface area (Å²) >= 11 is 3.62. The molecule has 0 bridgehead atoms. The highest BCUT2D eigenvalue weighted by molar-refractivity contribution is 9.09. The quantitative estimate of drug-likeness (QED) is 0.261. The second-order valence-corrected chi connectivity index (χ2v) is 13.0. The summed E-state index contributed by atoms with van der Waals surface area (Å²) in [6, 6.07) is 0. The van der Waals surface area contributed by atoms with Crippen LogP contribution in [-0.2, 0) is 0 Å². The van der Waals surface area contributed by atoms with Crippen LogP contribution in [0.1, 0.15) is 111 Å². The van der Waals surface area contributed by atoms with Crippen molar-refractivity contribution in [3.8, 4) is 0 Å². The minimum atomic E-state index is 0.567. The molecule has 0 saturated heterocycles. The summed E-state index contributed by atoms with van der Waals surface area (Å²) in [6.45, 7) is 10.5. The zero-order valence-electron chi connectivity index (χ0n) is 19.8. The van der Waals surface area contributed by atoms with Crippen LogP contribution >= 0.6 is 15.9 Å². The van der Waals surface area contributed by atoms with Gasteiger partial charge in [-0.15, -0.1) is 0 Å². The van der Waals surface area contributed by atoms with Gasteiger partial charge in [0.1, 0.15) is 0 Å². The lowest BCUT2D eigenvalue weighted by Gasteiger charge is -2.58. The minimum absolute atomic E-state index is 0.567. The van der Waals surface area contributed by atoms with Crippen LogP contribution in [0, 0.1) is 46.3 Å². The third kappa shape index (κ3) is 4.05. The third-order valence-corrected chi connectivity index (χ3v) is 11.2. The second-order valence-electron chi connectivity index (χ2n) is 12.2. The molecule has 3 saturated carbocycles. The largest absolute Gasteiger partial charge is 0.0928 e. The summed E-state index contributed by atoms with van der Waals surface area (Å²) < 4.78 is 0. The van der Waals surface area contributed by atoms with E-state index in [1.807, 2.05) is 5.57 Å². The fraction of sp³-hybridized carbons (Fsp3) is 0.929. The number of halogens is 1. The minimum Gasteiger partial charge on any atom is -0.0928 e. The predicted molar refractivity (Wildman–Crippen MR) is 130 cm³/mol. The molecule has 0 nitrogen and oxygen atoms in total. The number of rotatable bonds is 7. The molecule has 0 N–H and O–H groups in total. The van der Waals surface area contributed by atoms with Gasteiger partial charge >= 0.3 is 0 Å². The maximum atomic E-state index is 3.62. The van der Waals surface area contributed by atoms with Gasteiger partial charge < -0.3 is 0 Å². The number of hydrogen-bond acceptors (Lipinski definition) is 0. The summed E-state index contributed by atoms with van der Waals surface area (Å²) in [5.74, 6) is 5.82. The van der Waals surface area contributed by atoms with Crippen molar-refractivity contribution < 1.29 is 0 Å². The fourth-order valence-electron chi connectivity index (χ4n) is 8.99. The summed E-state index contributed by atoms with van der Waals surface area (Å²) in [7, 11) is 0. The van der Waals surface area contributed by atoms with E-state index in [-0.39, 0.29) is 0 Å². The Hall–Kier alpha value is 0.220. The summed E-state index contributed by atoms with van der Waals surface area (Å²) in [5, 5.41) is 1.17. The van der Waals surface area contributed by atoms with Gasteiger partial charge in [-0.25, -0.2) is 0 Å². The van der Waals surface area contributed by atoms with Gasteiger partial charge in [0, 0.05) is 5.33 Å². The molecule has 0 aliphatic heterocycles. The van der Waals surface area contributed by atoms with E-state index in [1.54, 1.807) is 0 Å². The summed E-state index contributed by atoms with van der Waals surface area (Å²) in [6.07, 6.45) is 21.8. The molecule has 4 aliphatic rings. The molecule has 0 spiro atoms. The Labute approximate surface area is 190 Å². The molecule has 0 aromatic rings. The molecule has 4 rings (SSSR count). The van der Waals surface area contributed by atoms with Crippen LogP contribution < -0.4 is 0 Å². The lowest BCUT2D eigenvalue weighted by atomic mass is 9.47. The van der Waals surface area contributed by atoms with Crippen molar-refractivity contribution in [2.24, 2.45) is 46.3 Å². The highest BCUT2D eigenvalue weighted by Crippen LogP contribution is 2.67. The number of alkyl halides is 1. The Balaban J connectivity index is 1.42. The van der Waals surface area contributed by atoms with Crippen LogP contribution in [-0.4, -0.2) is 5.33 Å². The third-order valence-electron chi connectivity index (χ3n) is 10.7. The Morgan fingerprint density at radius 2 is 1.83 bits per heavy atom. The molecular weight excluding hydrogens is 416 g/mol. The lowest BCUT2D eigenvalue weighted by molar-refractivity contribution is -0.0500. The SMILES string of the molecule is CC(CCBr)CCC[C@@H](C)[C@H]1CC[C@H]2[C@@H]3CC=C4CCCC[C@]4(C)[C@H]3CC[C@]12C. The molecule has 3 fully saturated rings. The van der Waals surface area contributed by atoms with E-state index in [0.717, 1.165) is 35.5 Å². The molecule has 0 aromatic heterocycles. The summed E-state index contributed by atoms with van der Waals surface area (Å²) in [4.78, 5) is 0. The normalized spacial score (nSPS) is 43.7. The highest BCUT2D eigenvalue weighted by Gasteiger charge is 2.58. The molecule has 0 aromatic carbocycles. The number of allylic oxidation sites excluding steroid dienone is 2. The van der Waals surface area contributed by atoms with Gasteiger partial charge in [-0.3, -0.25) is 0 Å². The smallest absolute Gasteiger partial charge is 0.00338 e. The van der Waals surface area contributed by atoms with E-state index in [1.165, 1.54) is 88.8 Å². The highest BCUT2D eigenvalue weighted by atomic mass is 79.9. The topological polar surface area (TPSA) is 0 Å².